The SMILES string of the molecule is Cc1ccc2c(ccc(O)[n+]2C(C)(C)O)c1. The summed E-state index contributed by atoms with van der Waals surface area (Å²) in [4.78, 5) is 0. The van der Waals surface area contributed by atoms with E-state index in [0.29, 0.717) is 0 Å². The Labute approximate surface area is 94.6 Å². The van der Waals surface area contributed by atoms with Crippen LogP contribution in [0.3, 0.4) is 0 Å². The van der Waals surface area contributed by atoms with E-state index in [1.807, 2.05) is 31.2 Å². The number of pyridine rings is 1. The molecule has 0 aliphatic carbocycles. The standard InChI is InChI=1S/C13H15NO2/c1-9-4-6-11-10(8-9)5-7-12(15)14(11)13(2,3)16/h4-8,16H,1-3H3/p+1. The highest BCUT2D eigenvalue weighted by Crippen LogP contribution is 2.19. The number of rotatable bonds is 1. The third kappa shape index (κ3) is 1.74. The Morgan fingerprint density at radius 1 is 1.12 bits per heavy atom. The van der Waals surface area contributed by atoms with Gasteiger partial charge in [-0.1, -0.05) is 11.6 Å². The fraction of sp³-hybridized carbons (Fsp3) is 0.308. The van der Waals surface area contributed by atoms with Gasteiger partial charge in [-0.2, -0.15) is 0 Å². The van der Waals surface area contributed by atoms with Crippen LogP contribution in [0.4, 0.5) is 0 Å². The molecule has 2 rings (SSSR count). The maximum absolute atomic E-state index is 10.0. The molecule has 0 atom stereocenters. The lowest BCUT2D eigenvalue weighted by atomic mass is 10.1. The number of hydrogen-bond donors (Lipinski definition) is 2. The van der Waals surface area contributed by atoms with Gasteiger partial charge in [0.25, 0.3) is 5.72 Å². The Bertz CT molecular complexity index is 541. The van der Waals surface area contributed by atoms with Crippen LogP contribution in [-0.2, 0) is 5.72 Å². The summed E-state index contributed by atoms with van der Waals surface area (Å²) in [7, 11) is 0. The van der Waals surface area contributed by atoms with Crippen molar-refractivity contribution in [2.24, 2.45) is 0 Å². The molecule has 0 fully saturated rings. The maximum Gasteiger partial charge on any atom is 0.368 e. The molecular formula is C13H16NO2+. The van der Waals surface area contributed by atoms with E-state index in [2.05, 4.69) is 0 Å². The van der Waals surface area contributed by atoms with Crippen LogP contribution in [0.25, 0.3) is 10.9 Å². The second kappa shape index (κ2) is 3.46. The van der Waals surface area contributed by atoms with Gasteiger partial charge in [-0.15, -0.1) is 4.57 Å². The summed E-state index contributed by atoms with van der Waals surface area (Å²) in [5.41, 5.74) is 0.845. The average molecular weight is 218 g/mol. The number of benzene rings is 1. The summed E-state index contributed by atoms with van der Waals surface area (Å²) < 4.78 is 1.52. The van der Waals surface area contributed by atoms with Crippen LogP contribution in [0.2, 0.25) is 0 Å². The number of fused-ring (bicyclic) bond motifs is 1. The van der Waals surface area contributed by atoms with Crippen molar-refractivity contribution in [2.75, 3.05) is 0 Å². The van der Waals surface area contributed by atoms with Gasteiger partial charge in [-0.05, 0) is 19.1 Å². The van der Waals surface area contributed by atoms with E-state index in [1.54, 1.807) is 19.9 Å². The van der Waals surface area contributed by atoms with Gasteiger partial charge in [0.1, 0.15) is 0 Å². The molecule has 1 aromatic carbocycles. The minimum absolute atomic E-state index is 0.0591. The van der Waals surface area contributed by atoms with Gasteiger partial charge in [0.05, 0.1) is 6.07 Å². The highest BCUT2D eigenvalue weighted by Gasteiger charge is 2.30. The third-order valence-electron chi connectivity index (χ3n) is 2.61. The predicted octanol–water partition coefficient (Wildman–Crippen LogP) is 1.83. The van der Waals surface area contributed by atoms with Crippen LogP contribution in [0.1, 0.15) is 19.4 Å². The summed E-state index contributed by atoms with van der Waals surface area (Å²) >= 11 is 0. The van der Waals surface area contributed by atoms with Crippen LogP contribution in [0.15, 0.2) is 30.3 Å². The van der Waals surface area contributed by atoms with E-state index in [4.69, 9.17) is 0 Å². The van der Waals surface area contributed by atoms with Crippen LogP contribution in [0.5, 0.6) is 5.88 Å². The molecule has 84 valence electrons. The average Bonchev–Trinajstić information content (AvgIpc) is 2.16. The minimum atomic E-state index is -1.13. The maximum atomic E-state index is 10.0. The molecule has 0 amide bonds. The number of aromatic hydroxyl groups is 1. The van der Waals surface area contributed by atoms with Gasteiger partial charge in [0.2, 0.25) is 5.52 Å². The van der Waals surface area contributed by atoms with Gasteiger partial charge in [-0.3, -0.25) is 0 Å². The number of aromatic nitrogens is 1. The van der Waals surface area contributed by atoms with Crippen LogP contribution in [0, 0.1) is 6.92 Å². The monoisotopic (exact) mass is 218 g/mol. The molecule has 0 saturated carbocycles. The molecule has 0 radical (unpaired) electrons. The molecule has 0 unspecified atom stereocenters. The first-order chi connectivity index (χ1) is 7.39. The Kier molecular flexibility index (Phi) is 2.35. The van der Waals surface area contributed by atoms with E-state index in [0.717, 1.165) is 16.5 Å². The van der Waals surface area contributed by atoms with E-state index < -0.39 is 5.72 Å². The summed E-state index contributed by atoms with van der Waals surface area (Å²) in [5, 5.41) is 20.9. The molecule has 0 bridgehead atoms. The van der Waals surface area contributed by atoms with Crippen molar-refractivity contribution in [1.82, 2.24) is 0 Å². The second-order valence-corrected chi connectivity index (χ2v) is 4.58. The lowest BCUT2D eigenvalue weighted by molar-refractivity contribution is -0.781. The molecule has 0 saturated heterocycles. The van der Waals surface area contributed by atoms with Gasteiger partial charge in [0, 0.05) is 25.3 Å². The van der Waals surface area contributed by atoms with E-state index >= 15 is 0 Å². The number of aliphatic hydroxyl groups is 1. The molecule has 0 aliphatic heterocycles. The minimum Gasteiger partial charge on any atom is -0.460 e. The van der Waals surface area contributed by atoms with E-state index in [9.17, 15) is 10.2 Å². The third-order valence-corrected chi connectivity index (χ3v) is 2.61. The van der Waals surface area contributed by atoms with Crippen molar-refractivity contribution in [1.29, 1.82) is 0 Å². The first-order valence-corrected chi connectivity index (χ1v) is 5.27. The Hall–Kier alpha value is -1.61. The zero-order valence-electron chi connectivity index (χ0n) is 9.73. The lowest BCUT2D eigenvalue weighted by Crippen LogP contribution is -2.52. The van der Waals surface area contributed by atoms with Gasteiger partial charge in [0.15, 0.2) is 0 Å². The fourth-order valence-corrected chi connectivity index (χ4v) is 1.95. The molecule has 1 heterocycles. The largest absolute Gasteiger partial charge is 0.460 e. The van der Waals surface area contributed by atoms with Crippen molar-refractivity contribution in [3.05, 3.63) is 35.9 Å². The fourth-order valence-electron chi connectivity index (χ4n) is 1.95. The number of aryl methyl sites for hydroxylation is 1. The molecular weight excluding hydrogens is 202 g/mol. The Morgan fingerprint density at radius 2 is 1.81 bits per heavy atom. The highest BCUT2D eigenvalue weighted by atomic mass is 16.3. The van der Waals surface area contributed by atoms with Gasteiger partial charge >= 0.3 is 5.88 Å². The second-order valence-electron chi connectivity index (χ2n) is 4.58. The molecule has 1 aromatic heterocycles. The van der Waals surface area contributed by atoms with E-state index in [-0.39, 0.29) is 5.88 Å². The number of hydrogen-bond acceptors (Lipinski definition) is 2. The van der Waals surface area contributed by atoms with E-state index in [1.165, 1.54) is 4.57 Å². The molecule has 2 N–H and O–H groups in total. The van der Waals surface area contributed by atoms with Crippen LogP contribution in [-0.4, -0.2) is 10.2 Å². The molecule has 2 aromatic rings. The summed E-state index contributed by atoms with van der Waals surface area (Å²) in [6.45, 7) is 5.30. The van der Waals surface area contributed by atoms with Crippen molar-refractivity contribution < 1.29 is 14.8 Å². The van der Waals surface area contributed by atoms with Crippen LogP contribution < -0.4 is 4.57 Å². The Morgan fingerprint density at radius 3 is 2.44 bits per heavy atom. The zero-order valence-corrected chi connectivity index (χ0v) is 9.73. The summed E-state index contributed by atoms with van der Waals surface area (Å²) in [5.74, 6) is 0.0591. The van der Waals surface area contributed by atoms with Crippen molar-refractivity contribution >= 4 is 10.9 Å². The van der Waals surface area contributed by atoms with Gasteiger partial charge < -0.3 is 10.2 Å². The molecule has 3 heteroatoms. The first-order valence-electron chi connectivity index (χ1n) is 5.27. The normalized spacial score (nSPS) is 12.0. The Balaban J connectivity index is 2.85. The molecule has 0 spiro atoms. The van der Waals surface area contributed by atoms with Crippen molar-refractivity contribution in [2.45, 2.75) is 26.5 Å². The lowest BCUT2D eigenvalue weighted by Gasteiger charge is -2.14. The van der Waals surface area contributed by atoms with Crippen molar-refractivity contribution in [3.63, 3.8) is 0 Å². The highest BCUT2D eigenvalue weighted by molar-refractivity contribution is 5.76. The molecule has 3 nitrogen and oxygen atoms in total. The number of nitrogens with zero attached hydrogens (tertiary/aromatic N) is 1. The predicted molar refractivity (Wildman–Crippen MR) is 62.1 cm³/mol. The quantitative estimate of drug-likeness (QED) is 0.717. The molecule has 0 aliphatic rings. The summed E-state index contributed by atoms with van der Waals surface area (Å²) in [6.07, 6.45) is 0. The van der Waals surface area contributed by atoms with Crippen LogP contribution >= 0.6 is 0 Å². The summed E-state index contributed by atoms with van der Waals surface area (Å²) in [6, 6.07) is 9.34. The topological polar surface area (TPSA) is 44.3 Å². The van der Waals surface area contributed by atoms with Gasteiger partial charge in [-0.25, -0.2) is 0 Å². The van der Waals surface area contributed by atoms with Crippen molar-refractivity contribution in [3.8, 4) is 5.88 Å². The molecule has 16 heavy (non-hydrogen) atoms. The first kappa shape index (κ1) is 10.9. The smallest absolute Gasteiger partial charge is 0.368 e. The zero-order chi connectivity index (χ0) is 11.9.